The first kappa shape index (κ1) is 20.6. The van der Waals surface area contributed by atoms with Crippen molar-refractivity contribution in [2.45, 2.75) is 19.4 Å². The second kappa shape index (κ2) is 9.89. The molecule has 1 aliphatic heterocycles. The zero-order valence-electron chi connectivity index (χ0n) is 17.1. The Bertz CT molecular complexity index is 1060. The lowest BCUT2D eigenvalue weighted by molar-refractivity contribution is 0.0955. The zero-order chi connectivity index (χ0) is 21.5. The van der Waals surface area contributed by atoms with Crippen molar-refractivity contribution in [3.05, 3.63) is 95.3 Å². The maximum atomic E-state index is 13.3. The molecular formula is C25H24FN3O2. The van der Waals surface area contributed by atoms with Crippen molar-refractivity contribution in [1.29, 1.82) is 0 Å². The van der Waals surface area contributed by atoms with Crippen LogP contribution in [0.15, 0.2) is 77.9 Å². The number of nitrogens with zero attached hydrogens (tertiary/aromatic N) is 2. The van der Waals surface area contributed by atoms with Crippen molar-refractivity contribution in [2.75, 3.05) is 18.0 Å². The minimum absolute atomic E-state index is 0.234. The molecule has 1 aliphatic rings. The number of hydrogen-bond donors (Lipinski definition) is 1. The van der Waals surface area contributed by atoms with Crippen LogP contribution in [0.2, 0.25) is 0 Å². The maximum absolute atomic E-state index is 13.3. The third-order valence-electron chi connectivity index (χ3n) is 5.17. The zero-order valence-corrected chi connectivity index (χ0v) is 17.1. The van der Waals surface area contributed by atoms with Crippen LogP contribution in [0.3, 0.4) is 0 Å². The van der Waals surface area contributed by atoms with Gasteiger partial charge < -0.3 is 9.64 Å². The number of halogens is 1. The maximum Gasteiger partial charge on any atom is 0.271 e. The third kappa shape index (κ3) is 5.48. The number of anilines is 1. The summed E-state index contributed by atoms with van der Waals surface area (Å²) in [4.78, 5) is 14.7. The number of nitrogens with one attached hydrogen (secondary N) is 1. The third-order valence-corrected chi connectivity index (χ3v) is 5.17. The Balaban J connectivity index is 1.35. The molecule has 0 radical (unpaired) electrons. The highest BCUT2D eigenvalue weighted by atomic mass is 19.1. The Morgan fingerprint density at radius 2 is 1.81 bits per heavy atom. The molecule has 0 aliphatic carbocycles. The SMILES string of the molecule is O=C(N/N=C\c1ccccc1OCc1cccc(F)c1)c1ccc(N2CCCC2)cc1. The fourth-order valence-corrected chi connectivity index (χ4v) is 3.53. The van der Waals surface area contributed by atoms with E-state index in [0.717, 1.165) is 24.3 Å². The number of rotatable bonds is 7. The molecule has 0 atom stereocenters. The average molecular weight is 417 g/mol. The Morgan fingerprint density at radius 3 is 2.58 bits per heavy atom. The minimum atomic E-state index is -0.299. The summed E-state index contributed by atoms with van der Waals surface area (Å²) in [6, 6.07) is 21.2. The van der Waals surface area contributed by atoms with Crippen LogP contribution in [0.5, 0.6) is 5.75 Å². The minimum Gasteiger partial charge on any atom is -0.488 e. The van der Waals surface area contributed by atoms with Gasteiger partial charge in [-0.2, -0.15) is 5.10 Å². The first-order valence-corrected chi connectivity index (χ1v) is 10.3. The van der Waals surface area contributed by atoms with Crippen molar-refractivity contribution in [2.24, 2.45) is 5.10 Å². The fraction of sp³-hybridized carbons (Fsp3) is 0.200. The van der Waals surface area contributed by atoms with E-state index in [9.17, 15) is 9.18 Å². The first-order valence-electron chi connectivity index (χ1n) is 10.3. The molecule has 4 rings (SSSR count). The van der Waals surface area contributed by atoms with Crippen LogP contribution in [0, 0.1) is 5.82 Å². The lowest BCUT2D eigenvalue weighted by atomic mass is 10.2. The number of hydrogen-bond acceptors (Lipinski definition) is 4. The van der Waals surface area contributed by atoms with E-state index >= 15 is 0 Å². The highest BCUT2D eigenvalue weighted by molar-refractivity contribution is 5.95. The van der Waals surface area contributed by atoms with E-state index in [1.807, 2.05) is 42.5 Å². The van der Waals surface area contributed by atoms with Gasteiger partial charge in [0.2, 0.25) is 0 Å². The van der Waals surface area contributed by atoms with E-state index in [4.69, 9.17) is 4.74 Å². The number of ether oxygens (including phenoxy) is 1. The molecule has 0 spiro atoms. The summed E-state index contributed by atoms with van der Waals surface area (Å²) in [6.07, 6.45) is 3.96. The molecule has 3 aromatic rings. The van der Waals surface area contributed by atoms with Crippen molar-refractivity contribution in [1.82, 2.24) is 5.43 Å². The standard InChI is InChI=1S/C25H24FN3O2/c26-22-8-5-6-19(16-22)18-31-24-9-2-1-7-21(24)17-27-28-25(30)20-10-12-23(13-11-20)29-14-3-4-15-29/h1-2,5-13,16-17H,3-4,14-15,18H2,(H,28,30)/b27-17-. The number of amides is 1. The predicted molar refractivity (Wildman–Crippen MR) is 120 cm³/mol. The number of carbonyl (C=O) groups excluding carboxylic acids is 1. The van der Waals surface area contributed by atoms with Crippen molar-refractivity contribution < 1.29 is 13.9 Å². The van der Waals surface area contributed by atoms with Gasteiger partial charge in [-0.15, -0.1) is 0 Å². The van der Waals surface area contributed by atoms with E-state index in [1.54, 1.807) is 18.2 Å². The Labute approximate surface area is 181 Å². The molecule has 158 valence electrons. The highest BCUT2D eigenvalue weighted by Crippen LogP contribution is 2.21. The Morgan fingerprint density at radius 1 is 1.03 bits per heavy atom. The van der Waals surface area contributed by atoms with Gasteiger partial charge in [0, 0.05) is 29.9 Å². The molecule has 0 saturated carbocycles. The van der Waals surface area contributed by atoms with Crippen LogP contribution in [0.4, 0.5) is 10.1 Å². The van der Waals surface area contributed by atoms with Gasteiger partial charge in [0.15, 0.2) is 0 Å². The number of benzene rings is 3. The summed E-state index contributed by atoms with van der Waals surface area (Å²) in [5.74, 6) is 0.0224. The molecule has 1 fully saturated rings. The summed E-state index contributed by atoms with van der Waals surface area (Å²) in [6.45, 7) is 2.37. The fourth-order valence-electron chi connectivity index (χ4n) is 3.53. The molecule has 0 bridgehead atoms. The monoisotopic (exact) mass is 417 g/mol. The highest BCUT2D eigenvalue weighted by Gasteiger charge is 2.13. The van der Waals surface area contributed by atoms with Gasteiger partial charge in [-0.25, -0.2) is 9.82 Å². The molecular weight excluding hydrogens is 393 g/mol. The van der Waals surface area contributed by atoms with Gasteiger partial charge in [-0.05, 0) is 66.9 Å². The molecule has 1 saturated heterocycles. The van der Waals surface area contributed by atoms with E-state index in [2.05, 4.69) is 15.4 Å². The summed E-state index contributed by atoms with van der Waals surface area (Å²) < 4.78 is 19.1. The van der Waals surface area contributed by atoms with Crippen molar-refractivity contribution in [3.63, 3.8) is 0 Å². The van der Waals surface area contributed by atoms with Crippen LogP contribution < -0.4 is 15.1 Å². The predicted octanol–water partition coefficient (Wildman–Crippen LogP) is 4.77. The van der Waals surface area contributed by atoms with Gasteiger partial charge >= 0.3 is 0 Å². The molecule has 1 amide bonds. The molecule has 6 heteroatoms. The number of carbonyl (C=O) groups is 1. The quantitative estimate of drug-likeness (QED) is 0.445. The summed E-state index contributed by atoms with van der Waals surface area (Å²) in [5.41, 5.74) is 5.69. The molecule has 5 nitrogen and oxygen atoms in total. The molecule has 1 heterocycles. The molecule has 0 unspecified atom stereocenters. The lowest BCUT2D eigenvalue weighted by Crippen LogP contribution is -2.19. The van der Waals surface area contributed by atoms with Crippen LogP contribution in [-0.2, 0) is 6.61 Å². The summed E-state index contributed by atoms with van der Waals surface area (Å²) >= 11 is 0. The van der Waals surface area contributed by atoms with Gasteiger partial charge in [0.05, 0.1) is 6.21 Å². The van der Waals surface area contributed by atoms with Crippen molar-refractivity contribution >= 4 is 17.8 Å². The van der Waals surface area contributed by atoms with Gasteiger partial charge in [0.1, 0.15) is 18.2 Å². The number of hydrazone groups is 1. The van der Waals surface area contributed by atoms with E-state index < -0.39 is 0 Å². The lowest BCUT2D eigenvalue weighted by Gasteiger charge is -2.17. The summed E-state index contributed by atoms with van der Waals surface area (Å²) in [5, 5.41) is 4.07. The first-order chi connectivity index (χ1) is 15.2. The molecule has 3 aromatic carbocycles. The van der Waals surface area contributed by atoms with Crippen LogP contribution >= 0.6 is 0 Å². The molecule has 1 N–H and O–H groups in total. The second-order valence-corrected chi connectivity index (χ2v) is 7.40. The topological polar surface area (TPSA) is 53.9 Å². The molecule has 0 aromatic heterocycles. The van der Waals surface area contributed by atoms with Gasteiger partial charge in [-0.3, -0.25) is 4.79 Å². The van der Waals surface area contributed by atoms with Gasteiger partial charge in [0.25, 0.3) is 5.91 Å². The normalized spacial score (nSPS) is 13.5. The second-order valence-electron chi connectivity index (χ2n) is 7.40. The van der Waals surface area contributed by atoms with Crippen LogP contribution in [0.25, 0.3) is 0 Å². The number of para-hydroxylation sites is 1. The Kier molecular flexibility index (Phi) is 6.57. The van der Waals surface area contributed by atoms with E-state index in [0.29, 0.717) is 16.9 Å². The van der Waals surface area contributed by atoms with E-state index in [1.165, 1.54) is 31.2 Å². The largest absolute Gasteiger partial charge is 0.488 e. The smallest absolute Gasteiger partial charge is 0.271 e. The van der Waals surface area contributed by atoms with E-state index in [-0.39, 0.29) is 18.3 Å². The Hall–Kier alpha value is -3.67. The van der Waals surface area contributed by atoms with Crippen molar-refractivity contribution in [3.8, 4) is 5.75 Å². The van der Waals surface area contributed by atoms with Gasteiger partial charge in [-0.1, -0.05) is 24.3 Å². The average Bonchev–Trinajstić information content (AvgIpc) is 3.33. The van der Waals surface area contributed by atoms with Crippen LogP contribution in [-0.4, -0.2) is 25.2 Å². The summed E-state index contributed by atoms with van der Waals surface area (Å²) in [7, 11) is 0. The molecule has 31 heavy (non-hydrogen) atoms. The van der Waals surface area contributed by atoms with Crippen LogP contribution in [0.1, 0.15) is 34.3 Å².